The van der Waals surface area contributed by atoms with Crippen molar-refractivity contribution in [2.45, 2.75) is 13.5 Å². The predicted molar refractivity (Wildman–Crippen MR) is 113 cm³/mol. The Labute approximate surface area is 172 Å². The standard InChI is InChI=1S/C22H20FN3O4/c1-2-29-22-13-17(14-24-25-19-8-10-20(11-9-19)26(27)28)5-12-21(22)30-15-16-3-6-18(23)7-4-16/h3-14,25H,2,15H2,1H3/b24-14+. The highest BCUT2D eigenvalue weighted by molar-refractivity contribution is 5.81. The lowest BCUT2D eigenvalue weighted by Crippen LogP contribution is -2.01. The van der Waals surface area contributed by atoms with E-state index in [0.29, 0.717) is 23.8 Å². The van der Waals surface area contributed by atoms with Crippen LogP contribution in [0.3, 0.4) is 0 Å². The monoisotopic (exact) mass is 409 g/mol. The number of benzene rings is 3. The highest BCUT2D eigenvalue weighted by atomic mass is 19.1. The summed E-state index contributed by atoms with van der Waals surface area (Å²) < 4.78 is 24.5. The topological polar surface area (TPSA) is 86.0 Å². The first-order valence-corrected chi connectivity index (χ1v) is 9.23. The molecule has 0 radical (unpaired) electrons. The summed E-state index contributed by atoms with van der Waals surface area (Å²) in [6.07, 6.45) is 1.60. The van der Waals surface area contributed by atoms with E-state index in [1.807, 2.05) is 13.0 Å². The van der Waals surface area contributed by atoms with Gasteiger partial charge in [0.25, 0.3) is 5.69 Å². The maximum absolute atomic E-state index is 13.0. The zero-order chi connectivity index (χ0) is 21.3. The van der Waals surface area contributed by atoms with Crippen LogP contribution in [0.4, 0.5) is 15.8 Å². The second-order valence-corrected chi connectivity index (χ2v) is 6.23. The minimum atomic E-state index is -0.456. The summed E-state index contributed by atoms with van der Waals surface area (Å²) in [5.74, 6) is 0.847. The van der Waals surface area contributed by atoms with Crippen LogP contribution in [0.5, 0.6) is 11.5 Å². The molecule has 30 heavy (non-hydrogen) atoms. The molecule has 0 unspecified atom stereocenters. The van der Waals surface area contributed by atoms with Crippen LogP contribution in [0.15, 0.2) is 71.8 Å². The minimum absolute atomic E-state index is 0.0158. The molecule has 154 valence electrons. The van der Waals surface area contributed by atoms with Crippen molar-refractivity contribution in [3.8, 4) is 11.5 Å². The lowest BCUT2D eigenvalue weighted by Gasteiger charge is -2.12. The Morgan fingerprint density at radius 1 is 1.03 bits per heavy atom. The molecule has 0 amide bonds. The van der Waals surface area contributed by atoms with Gasteiger partial charge in [0.2, 0.25) is 0 Å². The van der Waals surface area contributed by atoms with Gasteiger partial charge >= 0.3 is 0 Å². The average molecular weight is 409 g/mol. The first-order valence-electron chi connectivity index (χ1n) is 9.23. The Bertz CT molecular complexity index is 1020. The molecule has 0 aliphatic heterocycles. The van der Waals surface area contributed by atoms with Gasteiger partial charge in [-0.2, -0.15) is 5.10 Å². The van der Waals surface area contributed by atoms with E-state index in [1.165, 1.54) is 24.3 Å². The van der Waals surface area contributed by atoms with Gasteiger partial charge in [0, 0.05) is 12.1 Å². The normalized spacial score (nSPS) is 10.7. The van der Waals surface area contributed by atoms with E-state index in [4.69, 9.17) is 9.47 Å². The van der Waals surface area contributed by atoms with Crippen LogP contribution in [0.25, 0.3) is 0 Å². The maximum Gasteiger partial charge on any atom is 0.269 e. The second kappa shape index (κ2) is 10.0. The number of hydrogen-bond acceptors (Lipinski definition) is 6. The number of non-ortho nitro benzene ring substituents is 1. The van der Waals surface area contributed by atoms with Gasteiger partial charge in [-0.1, -0.05) is 12.1 Å². The van der Waals surface area contributed by atoms with Crippen LogP contribution < -0.4 is 14.9 Å². The molecule has 0 heterocycles. The van der Waals surface area contributed by atoms with Crippen molar-refractivity contribution in [3.05, 3.63) is 93.8 Å². The summed E-state index contributed by atoms with van der Waals surface area (Å²) >= 11 is 0. The smallest absolute Gasteiger partial charge is 0.269 e. The Balaban J connectivity index is 1.65. The Morgan fingerprint density at radius 2 is 1.77 bits per heavy atom. The molecule has 0 saturated carbocycles. The number of anilines is 1. The molecule has 0 bridgehead atoms. The third-order valence-corrected chi connectivity index (χ3v) is 4.06. The molecular formula is C22H20FN3O4. The fourth-order valence-corrected chi connectivity index (χ4v) is 2.57. The van der Waals surface area contributed by atoms with Gasteiger partial charge in [-0.3, -0.25) is 15.5 Å². The van der Waals surface area contributed by atoms with Gasteiger partial charge in [-0.25, -0.2) is 4.39 Å². The molecule has 1 N–H and O–H groups in total. The van der Waals surface area contributed by atoms with Gasteiger partial charge in [-0.05, 0) is 60.5 Å². The molecule has 0 aliphatic carbocycles. The third-order valence-electron chi connectivity index (χ3n) is 4.06. The summed E-state index contributed by atoms with van der Waals surface area (Å²) in [6, 6.07) is 17.5. The van der Waals surface area contributed by atoms with Crippen LogP contribution in [0.1, 0.15) is 18.1 Å². The summed E-state index contributed by atoms with van der Waals surface area (Å²) in [4.78, 5) is 10.2. The molecule has 3 aromatic carbocycles. The first-order chi connectivity index (χ1) is 14.5. The lowest BCUT2D eigenvalue weighted by atomic mass is 10.2. The summed E-state index contributed by atoms with van der Waals surface area (Å²) in [5.41, 5.74) is 5.09. The van der Waals surface area contributed by atoms with Crippen molar-refractivity contribution in [2.24, 2.45) is 5.10 Å². The van der Waals surface area contributed by atoms with Crippen LogP contribution in [-0.2, 0) is 6.61 Å². The Morgan fingerprint density at radius 3 is 2.43 bits per heavy atom. The van der Waals surface area contributed by atoms with Crippen molar-refractivity contribution in [3.63, 3.8) is 0 Å². The first kappa shape index (κ1) is 20.8. The SMILES string of the molecule is CCOc1cc(/C=N/Nc2ccc([N+](=O)[O-])cc2)ccc1OCc1ccc(F)cc1. The molecule has 0 saturated heterocycles. The molecule has 0 aliphatic rings. The van der Waals surface area contributed by atoms with Crippen LogP contribution in [-0.4, -0.2) is 17.7 Å². The van der Waals surface area contributed by atoms with E-state index in [-0.39, 0.29) is 18.1 Å². The Kier molecular flexibility index (Phi) is 6.94. The number of hydrazone groups is 1. The summed E-state index contributed by atoms with van der Waals surface area (Å²) in [5, 5.41) is 14.8. The van der Waals surface area contributed by atoms with Crippen LogP contribution in [0.2, 0.25) is 0 Å². The molecule has 8 heteroatoms. The number of nitrogens with one attached hydrogen (secondary N) is 1. The van der Waals surface area contributed by atoms with Gasteiger partial charge < -0.3 is 9.47 Å². The van der Waals surface area contributed by atoms with Gasteiger partial charge in [0.05, 0.1) is 23.4 Å². The van der Waals surface area contributed by atoms with Gasteiger partial charge in [0.1, 0.15) is 12.4 Å². The lowest BCUT2D eigenvalue weighted by molar-refractivity contribution is -0.384. The van der Waals surface area contributed by atoms with Crippen molar-refractivity contribution >= 4 is 17.6 Å². The van der Waals surface area contributed by atoms with Crippen molar-refractivity contribution < 1.29 is 18.8 Å². The van der Waals surface area contributed by atoms with Crippen molar-refractivity contribution in [2.75, 3.05) is 12.0 Å². The molecule has 0 spiro atoms. The number of halogens is 1. The fraction of sp³-hybridized carbons (Fsp3) is 0.136. The van der Waals surface area contributed by atoms with Gasteiger partial charge in [-0.15, -0.1) is 0 Å². The van der Waals surface area contributed by atoms with E-state index in [1.54, 1.807) is 42.6 Å². The highest BCUT2D eigenvalue weighted by Crippen LogP contribution is 2.29. The van der Waals surface area contributed by atoms with E-state index < -0.39 is 4.92 Å². The van der Waals surface area contributed by atoms with E-state index >= 15 is 0 Å². The maximum atomic E-state index is 13.0. The van der Waals surface area contributed by atoms with Crippen LogP contribution >= 0.6 is 0 Å². The van der Waals surface area contributed by atoms with Crippen LogP contribution in [0, 0.1) is 15.9 Å². The molecule has 0 atom stereocenters. The number of ether oxygens (including phenoxy) is 2. The zero-order valence-electron chi connectivity index (χ0n) is 16.2. The third kappa shape index (κ3) is 5.78. The quantitative estimate of drug-likeness (QED) is 0.300. The minimum Gasteiger partial charge on any atom is -0.490 e. The highest BCUT2D eigenvalue weighted by Gasteiger charge is 2.07. The number of nitro benzene ring substituents is 1. The summed E-state index contributed by atoms with van der Waals surface area (Å²) in [6.45, 7) is 2.63. The van der Waals surface area contributed by atoms with Gasteiger partial charge in [0.15, 0.2) is 11.5 Å². The molecule has 0 aromatic heterocycles. The zero-order valence-corrected chi connectivity index (χ0v) is 16.2. The molecule has 0 fully saturated rings. The van der Waals surface area contributed by atoms with E-state index in [2.05, 4.69) is 10.5 Å². The largest absolute Gasteiger partial charge is 0.490 e. The van der Waals surface area contributed by atoms with E-state index in [9.17, 15) is 14.5 Å². The van der Waals surface area contributed by atoms with Crippen molar-refractivity contribution in [1.82, 2.24) is 0 Å². The Hall–Kier alpha value is -3.94. The number of nitro groups is 1. The molecule has 3 rings (SSSR count). The summed E-state index contributed by atoms with van der Waals surface area (Å²) in [7, 11) is 0. The fourth-order valence-electron chi connectivity index (χ4n) is 2.57. The number of hydrogen-bond donors (Lipinski definition) is 1. The number of rotatable bonds is 9. The average Bonchev–Trinajstić information content (AvgIpc) is 2.75. The van der Waals surface area contributed by atoms with Crippen molar-refractivity contribution in [1.29, 1.82) is 0 Å². The molecule has 7 nitrogen and oxygen atoms in total. The van der Waals surface area contributed by atoms with E-state index in [0.717, 1.165) is 11.1 Å². The molecule has 3 aromatic rings. The predicted octanol–water partition coefficient (Wildman–Crippen LogP) is 5.16. The molecular weight excluding hydrogens is 389 g/mol. The second-order valence-electron chi connectivity index (χ2n) is 6.23. The number of nitrogens with zero attached hydrogens (tertiary/aromatic N) is 2.